The fourth-order valence-corrected chi connectivity index (χ4v) is 2.37. The van der Waals surface area contributed by atoms with Crippen molar-refractivity contribution in [1.82, 2.24) is 15.0 Å². The Morgan fingerprint density at radius 2 is 1.85 bits per heavy atom. The van der Waals surface area contributed by atoms with Crippen molar-refractivity contribution in [3.05, 3.63) is 11.7 Å². The number of nitrogens with zero attached hydrogens (tertiary/aromatic N) is 3. The molecule has 5 nitrogen and oxygen atoms in total. The van der Waals surface area contributed by atoms with Crippen molar-refractivity contribution in [3.8, 4) is 0 Å². The molecule has 20 heavy (non-hydrogen) atoms. The van der Waals surface area contributed by atoms with E-state index in [4.69, 9.17) is 10.3 Å². The summed E-state index contributed by atoms with van der Waals surface area (Å²) in [5.74, 6) is 1.84. The predicted octanol–water partition coefficient (Wildman–Crippen LogP) is 2.91. The first-order valence-corrected chi connectivity index (χ1v) is 7.63. The molecular formula is C15H30N4O. The zero-order valence-corrected chi connectivity index (χ0v) is 13.8. The molecule has 0 radical (unpaired) electrons. The molecule has 116 valence electrons. The van der Waals surface area contributed by atoms with Gasteiger partial charge in [0.25, 0.3) is 0 Å². The van der Waals surface area contributed by atoms with E-state index in [9.17, 15) is 0 Å². The fourth-order valence-electron chi connectivity index (χ4n) is 2.37. The highest BCUT2D eigenvalue weighted by molar-refractivity contribution is 4.99. The second kappa shape index (κ2) is 7.18. The zero-order chi connectivity index (χ0) is 15.3. The van der Waals surface area contributed by atoms with Gasteiger partial charge in [0.05, 0.1) is 12.1 Å². The lowest BCUT2D eigenvalue weighted by molar-refractivity contribution is 0.139. The van der Waals surface area contributed by atoms with E-state index in [1.807, 2.05) is 13.8 Å². The maximum absolute atomic E-state index is 6.00. The van der Waals surface area contributed by atoms with Crippen molar-refractivity contribution in [2.24, 2.45) is 11.7 Å². The Morgan fingerprint density at radius 1 is 1.25 bits per heavy atom. The molecule has 0 atom stereocenters. The van der Waals surface area contributed by atoms with Gasteiger partial charge < -0.3 is 10.3 Å². The average molecular weight is 282 g/mol. The third kappa shape index (κ3) is 4.87. The molecule has 0 amide bonds. The summed E-state index contributed by atoms with van der Waals surface area (Å²) in [4.78, 5) is 6.87. The summed E-state index contributed by atoms with van der Waals surface area (Å²) < 4.78 is 5.36. The van der Waals surface area contributed by atoms with E-state index in [1.54, 1.807) is 0 Å². The van der Waals surface area contributed by atoms with Gasteiger partial charge in [0, 0.05) is 12.6 Å². The fraction of sp³-hybridized carbons (Fsp3) is 0.867. The monoisotopic (exact) mass is 282 g/mol. The summed E-state index contributed by atoms with van der Waals surface area (Å²) >= 11 is 0. The molecule has 0 saturated heterocycles. The topological polar surface area (TPSA) is 68.2 Å². The van der Waals surface area contributed by atoms with Crippen LogP contribution in [0.15, 0.2) is 4.52 Å². The van der Waals surface area contributed by atoms with Crippen molar-refractivity contribution < 1.29 is 4.52 Å². The van der Waals surface area contributed by atoms with E-state index in [1.165, 1.54) is 0 Å². The molecule has 1 heterocycles. The highest BCUT2D eigenvalue weighted by Crippen LogP contribution is 2.17. The maximum atomic E-state index is 6.00. The molecule has 1 rings (SSSR count). The molecule has 0 fully saturated rings. The minimum atomic E-state index is -0.556. The van der Waals surface area contributed by atoms with Crippen molar-refractivity contribution in [2.75, 3.05) is 6.54 Å². The first-order chi connectivity index (χ1) is 9.27. The molecule has 1 aromatic rings. The Kier molecular flexibility index (Phi) is 6.14. The summed E-state index contributed by atoms with van der Waals surface area (Å²) in [5, 5.41) is 3.99. The van der Waals surface area contributed by atoms with Crippen LogP contribution in [-0.2, 0) is 12.1 Å². The second-order valence-corrected chi connectivity index (χ2v) is 6.53. The number of rotatable bonds is 8. The smallest absolute Gasteiger partial charge is 0.240 e. The summed E-state index contributed by atoms with van der Waals surface area (Å²) in [6.45, 7) is 14.4. The van der Waals surface area contributed by atoms with Gasteiger partial charge in [-0.25, -0.2) is 0 Å². The van der Waals surface area contributed by atoms with E-state index in [2.05, 4.69) is 42.7 Å². The highest BCUT2D eigenvalue weighted by atomic mass is 16.5. The quantitative estimate of drug-likeness (QED) is 0.794. The number of hydrogen-bond acceptors (Lipinski definition) is 5. The van der Waals surface area contributed by atoms with Crippen LogP contribution in [0.5, 0.6) is 0 Å². The van der Waals surface area contributed by atoms with E-state index < -0.39 is 5.54 Å². The van der Waals surface area contributed by atoms with Crippen molar-refractivity contribution in [1.29, 1.82) is 0 Å². The summed E-state index contributed by atoms with van der Waals surface area (Å²) in [5.41, 5.74) is 5.44. The number of hydrogen-bond donors (Lipinski definition) is 1. The van der Waals surface area contributed by atoms with Gasteiger partial charge in [-0.2, -0.15) is 4.98 Å². The second-order valence-electron chi connectivity index (χ2n) is 6.53. The first kappa shape index (κ1) is 17.1. The van der Waals surface area contributed by atoms with E-state index in [0.29, 0.717) is 30.2 Å². The summed E-state index contributed by atoms with van der Waals surface area (Å²) in [6, 6.07) is 0.554. The normalized spacial score (nSPS) is 12.9. The maximum Gasteiger partial charge on any atom is 0.240 e. The van der Waals surface area contributed by atoms with Gasteiger partial charge in [-0.1, -0.05) is 32.9 Å². The SMILES string of the molecule is CCC(CC)N(Cc1nc(C(C)(C)N)no1)CC(C)C. The van der Waals surface area contributed by atoms with E-state index >= 15 is 0 Å². The van der Waals surface area contributed by atoms with E-state index in [-0.39, 0.29) is 0 Å². The molecule has 0 spiro atoms. The van der Waals surface area contributed by atoms with Gasteiger partial charge in [0.2, 0.25) is 5.89 Å². The van der Waals surface area contributed by atoms with E-state index in [0.717, 1.165) is 19.4 Å². The lowest BCUT2D eigenvalue weighted by atomic mass is 10.1. The molecular weight excluding hydrogens is 252 g/mol. The third-order valence-corrected chi connectivity index (χ3v) is 3.44. The lowest BCUT2D eigenvalue weighted by Crippen LogP contribution is -2.37. The molecule has 2 N–H and O–H groups in total. The minimum Gasteiger partial charge on any atom is -0.338 e. The molecule has 1 aromatic heterocycles. The Labute approximate surface area is 122 Å². The number of aromatic nitrogens is 2. The first-order valence-electron chi connectivity index (χ1n) is 7.63. The Morgan fingerprint density at radius 3 is 2.25 bits per heavy atom. The molecule has 0 saturated carbocycles. The third-order valence-electron chi connectivity index (χ3n) is 3.44. The van der Waals surface area contributed by atoms with Crippen molar-refractivity contribution in [3.63, 3.8) is 0 Å². The van der Waals surface area contributed by atoms with Crippen LogP contribution < -0.4 is 5.73 Å². The van der Waals surface area contributed by atoms with Crippen LogP contribution in [-0.4, -0.2) is 27.6 Å². The van der Waals surface area contributed by atoms with Crippen LogP contribution in [0.1, 0.15) is 66.1 Å². The minimum absolute atomic E-state index is 0.554. The van der Waals surface area contributed by atoms with Crippen LogP contribution in [0.2, 0.25) is 0 Å². The van der Waals surface area contributed by atoms with Crippen LogP contribution in [0.3, 0.4) is 0 Å². The highest BCUT2D eigenvalue weighted by Gasteiger charge is 2.24. The standard InChI is InChI=1S/C15H30N4O/c1-7-12(8-2)19(9-11(3)4)10-13-17-14(18-20-13)15(5,6)16/h11-12H,7-10,16H2,1-6H3. The Balaban J connectivity index is 2.81. The molecule has 0 aliphatic heterocycles. The van der Waals surface area contributed by atoms with Gasteiger partial charge in [-0.05, 0) is 32.6 Å². The average Bonchev–Trinajstić information content (AvgIpc) is 2.78. The van der Waals surface area contributed by atoms with Gasteiger partial charge in [-0.3, -0.25) is 4.90 Å². The van der Waals surface area contributed by atoms with Crippen LogP contribution in [0.25, 0.3) is 0 Å². The van der Waals surface area contributed by atoms with Crippen LogP contribution in [0, 0.1) is 5.92 Å². The van der Waals surface area contributed by atoms with Gasteiger partial charge in [-0.15, -0.1) is 0 Å². The molecule has 0 aromatic carbocycles. The zero-order valence-electron chi connectivity index (χ0n) is 13.8. The molecule has 0 aliphatic carbocycles. The Bertz CT molecular complexity index is 391. The molecule has 0 bridgehead atoms. The summed E-state index contributed by atoms with van der Waals surface area (Å²) in [7, 11) is 0. The largest absolute Gasteiger partial charge is 0.338 e. The Hall–Kier alpha value is -0.940. The lowest BCUT2D eigenvalue weighted by Gasteiger charge is -2.30. The van der Waals surface area contributed by atoms with Crippen molar-refractivity contribution in [2.45, 2.75) is 72.5 Å². The molecule has 5 heteroatoms. The van der Waals surface area contributed by atoms with Gasteiger partial charge in [0.15, 0.2) is 5.82 Å². The number of nitrogens with two attached hydrogens (primary N) is 1. The summed E-state index contributed by atoms with van der Waals surface area (Å²) in [6.07, 6.45) is 2.26. The van der Waals surface area contributed by atoms with Crippen molar-refractivity contribution >= 4 is 0 Å². The van der Waals surface area contributed by atoms with Crippen LogP contribution in [0.4, 0.5) is 0 Å². The van der Waals surface area contributed by atoms with Gasteiger partial charge in [0.1, 0.15) is 0 Å². The van der Waals surface area contributed by atoms with Gasteiger partial charge >= 0.3 is 0 Å². The van der Waals surface area contributed by atoms with Crippen LogP contribution >= 0.6 is 0 Å². The predicted molar refractivity (Wildman–Crippen MR) is 81.1 cm³/mol. The molecule has 0 unspecified atom stereocenters. The molecule has 0 aliphatic rings.